The highest BCUT2D eigenvalue weighted by atomic mass is 79.9. The topological polar surface area (TPSA) is 50.9 Å². The van der Waals surface area contributed by atoms with Crippen LogP contribution >= 0.6 is 15.9 Å². The molecule has 1 fully saturated rings. The van der Waals surface area contributed by atoms with E-state index >= 15 is 0 Å². The normalized spacial score (nSPS) is 28.3. The van der Waals surface area contributed by atoms with Gasteiger partial charge in [-0.3, -0.25) is 0 Å². The smallest absolute Gasteiger partial charge is 0.140 e. The molecule has 0 aromatic carbocycles. The second kappa shape index (κ2) is 3.76. The van der Waals surface area contributed by atoms with Crippen molar-refractivity contribution < 1.29 is 0 Å². The SMILES string of the molecule is CC1(C)C(N)CC1Nc1ncccc1Br. The molecule has 0 amide bonds. The summed E-state index contributed by atoms with van der Waals surface area (Å²) in [6.07, 6.45) is 2.80. The lowest BCUT2D eigenvalue weighted by Crippen LogP contribution is -2.61. The van der Waals surface area contributed by atoms with E-state index in [-0.39, 0.29) is 11.5 Å². The van der Waals surface area contributed by atoms with Crippen molar-refractivity contribution in [2.75, 3.05) is 5.32 Å². The van der Waals surface area contributed by atoms with Gasteiger partial charge >= 0.3 is 0 Å². The van der Waals surface area contributed by atoms with Crippen molar-refractivity contribution in [1.29, 1.82) is 0 Å². The first-order valence-corrected chi connectivity index (χ1v) is 5.93. The van der Waals surface area contributed by atoms with E-state index in [9.17, 15) is 0 Å². The maximum atomic E-state index is 5.97. The minimum absolute atomic E-state index is 0.150. The Balaban J connectivity index is 2.08. The van der Waals surface area contributed by atoms with Crippen molar-refractivity contribution in [2.24, 2.45) is 11.1 Å². The van der Waals surface area contributed by atoms with Crippen molar-refractivity contribution in [3.05, 3.63) is 22.8 Å². The molecule has 1 aromatic heterocycles. The molecule has 1 heterocycles. The fourth-order valence-electron chi connectivity index (χ4n) is 1.86. The summed E-state index contributed by atoms with van der Waals surface area (Å²) in [6.45, 7) is 4.38. The van der Waals surface area contributed by atoms with Crippen LogP contribution in [0.4, 0.5) is 5.82 Å². The number of halogens is 1. The van der Waals surface area contributed by atoms with E-state index in [1.807, 2.05) is 12.1 Å². The zero-order valence-corrected chi connectivity index (χ0v) is 10.6. The fourth-order valence-corrected chi connectivity index (χ4v) is 2.23. The molecule has 3 N–H and O–H groups in total. The molecule has 0 saturated heterocycles. The molecule has 1 aliphatic rings. The van der Waals surface area contributed by atoms with Gasteiger partial charge in [0.1, 0.15) is 5.82 Å². The van der Waals surface area contributed by atoms with Gasteiger partial charge in [0.2, 0.25) is 0 Å². The number of hydrogen-bond donors (Lipinski definition) is 2. The van der Waals surface area contributed by atoms with E-state index in [2.05, 4.69) is 40.1 Å². The standard InChI is InChI=1S/C11H16BrN3/c1-11(2)8(13)6-9(11)15-10-7(12)4-3-5-14-10/h3-5,8-9H,6,13H2,1-2H3,(H,14,15). The summed E-state index contributed by atoms with van der Waals surface area (Å²) in [7, 11) is 0. The zero-order chi connectivity index (χ0) is 11.1. The van der Waals surface area contributed by atoms with E-state index in [1.54, 1.807) is 6.20 Å². The minimum atomic E-state index is 0.150. The molecule has 2 unspecified atom stereocenters. The van der Waals surface area contributed by atoms with Crippen molar-refractivity contribution in [3.63, 3.8) is 0 Å². The predicted molar refractivity (Wildman–Crippen MR) is 65.7 cm³/mol. The number of rotatable bonds is 2. The Kier molecular flexibility index (Phi) is 2.73. The zero-order valence-electron chi connectivity index (χ0n) is 9.00. The average molecular weight is 270 g/mol. The van der Waals surface area contributed by atoms with Gasteiger partial charge in [-0.1, -0.05) is 13.8 Å². The van der Waals surface area contributed by atoms with Crippen molar-refractivity contribution in [1.82, 2.24) is 4.98 Å². The third-order valence-corrected chi connectivity index (χ3v) is 4.05. The van der Waals surface area contributed by atoms with Crippen LogP contribution in [0.3, 0.4) is 0 Å². The van der Waals surface area contributed by atoms with Gasteiger partial charge in [-0.25, -0.2) is 4.98 Å². The first kappa shape index (κ1) is 10.9. The molecule has 1 saturated carbocycles. The molecule has 0 bridgehead atoms. The number of nitrogens with one attached hydrogen (secondary N) is 1. The first-order chi connectivity index (χ1) is 7.01. The average Bonchev–Trinajstić information content (AvgIpc) is 2.20. The monoisotopic (exact) mass is 269 g/mol. The number of nitrogens with two attached hydrogens (primary N) is 1. The van der Waals surface area contributed by atoms with Crippen LogP contribution in [0.2, 0.25) is 0 Å². The Morgan fingerprint density at radius 1 is 1.60 bits per heavy atom. The Labute approximate surface area is 98.6 Å². The number of hydrogen-bond acceptors (Lipinski definition) is 3. The largest absolute Gasteiger partial charge is 0.366 e. The summed E-state index contributed by atoms with van der Waals surface area (Å²) < 4.78 is 1.00. The number of pyridine rings is 1. The van der Waals surface area contributed by atoms with Gasteiger partial charge in [0.25, 0.3) is 0 Å². The lowest BCUT2D eigenvalue weighted by atomic mass is 9.63. The molecule has 4 heteroatoms. The highest BCUT2D eigenvalue weighted by Crippen LogP contribution is 2.41. The lowest BCUT2D eigenvalue weighted by molar-refractivity contribution is 0.117. The Morgan fingerprint density at radius 3 is 2.87 bits per heavy atom. The van der Waals surface area contributed by atoms with Gasteiger partial charge in [-0.05, 0) is 34.5 Å². The molecule has 82 valence electrons. The summed E-state index contributed by atoms with van der Waals surface area (Å²) >= 11 is 3.47. The van der Waals surface area contributed by atoms with Gasteiger partial charge in [-0.15, -0.1) is 0 Å². The van der Waals surface area contributed by atoms with Crippen LogP contribution in [0.15, 0.2) is 22.8 Å². The number of nitrogens with zero attached hydrogens (tertiary/aromatic N) is 1. The highest BCUT2D eigenvalue weighted by Gasteiger charge is 2.46. The molecule has 1 aromatic rings. The van der Waals surface area contributed by atoms with E-state index in [4.69, 9.17) is 5.73 Å². The molecule has 0 aliphatic heterocycles. The molecular formula is C11H16BrN3. The molecule has 1 aliphatic carbocycles. The Hall–Kier alpha value is -0.610. The maximum Gasteiger partial charge on any atom is 0.140 e. The van der Waals surface area contributed by atoms with E-state index in [0.29, 0.717) is 6.04 Å². The summed E-state index contributed by atoms with van der Waals surface area (Å²) in [4.78, 5) is 4.29. The second-order valence-electron chi connectivity index (χ2n) is 4.69. The van der Waals surface area contributed by atoms with Crippen LogP contribution in [0, 0.1) is 5.41 Å². The molecule has 15 heavy (non-hydrogen) atoms. The third-order valence-electron chi connectivity index (χ3n) is 3.41. The Morgan fingerprint density at radius 2 is 2.33 bits per heavy atom. The van der Waals surface area contributed by atoms with E-state index < -0.39 is 0 Å². The van der Waals surface area contributed by atoms with Crippen LogP contribution in [0.1, 0.15) is 20.3 Å². The molecule has 2 rings (SSSR count). The van der Waals surface area contributed by atoms with Crippen LogP contribution < -0.4 is 11.1 Å². The van der Waals surface area contributed by atoms with Gasteiger partial charge < -0.3 is 11.1 Å². The molecule has 2 atom stereocenters. The Bertz CT molecular complexity index is 365. The molecule has 0 radical (unpaired) electrons. The van der Waals surface area contributed by atoms with Crippen molar-refractivity contribution >= 4 is 21.7 Å². The number of anilines is 1. The van der Waals surface area contributed by atoms with Gasteiger partial charge in [0, 0.05) is 23.7 Å². The third kappa shape index (κ3) is 1.88. The molecule has 0 spiro atoms. The quantitative estimate of drug-likeness (QED) is 0.867. The van der Waals surface area contributed by atoms with Gasteiger partial charge in [0.15, 0.2) is 0 Å². The summed E-state index contributed by atoms with van der Waals surface area (Å²) in [5.74, 6) is 0.905. The van der Waals surface area contributed by atoms with Crippen LogP contribution in [-0.4, -0.2) is 17.1 Å². The van der Waals surface area contributed by atoms with Crippen molar-refractivity contribution in [2.45, 2.75) is 32.4 Å². The lowest BCUT2D eigenvalue weighted by Gasteiger charge is -2.50. The summed E-state index contributed by atoms with van der Waals surface area (Å²) in [6, 6.07) is 4.60. The van der Waals surface area contributed by atoms with Crippen LogP contribution in [-0.2, 0) is 0 Å². The fraction of sp³-hybridized carbons (Fsp3) is 0.545. The first-order valence-electron chi connectivity index (χ1n) is 5.14. The summed E-state index contributed by atoms with van der Waals surface area (Å²) in [5.41, 5.74) is 6.12. The van der Waals surface area contributed by atoms with Gasteiger partial charge in [-0.2, -0.15) is 0 Å². The highest BCUT2D eigenvalue weighted by molar-refractivity contribution is 9.10. The molecule has 3 nitrogen and oxygen atoms in total. The summed E-state index contributed by atoms with van der Waals surface area (Å²) in [5, 5.41) is 3.43. The predicted octanol–water partition coefficient (Wildman–Crippen LogP) is 2.38. The second-order valence-corrected chi connectivity index (χ2v) is 5.55. The van der Waals surface area contributed by atoms with Crippen molar-refractivity contribution in [3.8, 4) is 0 Å². The maximum absolute atomic E-state index is 5.97. The minimum Gasteiger partial charge on any atom is -0.366 e. The van der Waals surface area contributed by atoms with Crippen LogP contribution in [0.25, 0.3) is 0 Å². The van der Waals surface area contributed by atoms with Crippen LogP contribution in [0.5, 0.6) is 0 Å². The number of aromatic nitrogens is 1. The van der Waals surface area contributed by atoms with Gasteiger partial charge in [0.05, 0.1) is 4.47 Å². The van der Waals surface area contributed by atoms with E-state index in [1.165, 1.54) is 0 Å². The molecular weight excluding hydrogens is 254 g/mol. The van der Waals surface area contributed by atoms with E-state index in [0.717, 1.165) is 16.7 Å².